The number of benzene rings is 2. The second-order valence-electron chi connectivity index (χ2n) is 3.82. The Hall–Kier alpha value is -1.78. The van der Waals surface area contributed by atoms with E-state index < -0.39 is 11.7 Å². The fourth-order valence-corrected chi connectivity index (χ4v) is 1.99. The van der Waals surface area contributed by atoms with E-state index in [0.717, 1.165) is 6.07 Å². The number of nitrogens with one attached hydrogen (secondary N) is 1. The van der Waals surface area contributed by atoms with E-state index in [0.29, 0.717) is 5.02 Å². The summed E-state index contributed by atoms with van der Waals surface area (Å²) in [6, 6.07) is 8.43. The first-order chi connectivity index (χ1) is 8.97. The topological polar surface area (TPSA) is 55.1 Å². The van der Waals surface area contributed by atoms with E-state index in [-0.39, 0.29) is 22.0 Å². The minimum Gasteiger partial charge on any atom is -0.399 e. The monoisotopic (exact) mass is 298 g/mol. The molecular formula is C13H9Cl2FN2O. The zero-order chi connectivity index (χ0) is 14.0. The Bertz CT molecular complexity index is 647. The second kappa shape index (κ2) is 5.47. The minimum atomic E-state index is -0.613. The maximum Gasteiger partial charge on any atom is 0.257 e. The van der Waals surface area contributed by atoms with E-state index >= 15 is 0 Å². The summed E-state index contributed by atoms with van der Waals surface area (Å²) >= 11 is 11.6. The highest BCUT2D eigenvalue weighted by molar-refractivity contribution is 6.37. The van der Waals surface area contributed by atoms with Gasteiger partial charge in [-0.1, -0.05) is 23.2 Å². The molecule has 0 aliphatic carbocycles. The maximum atomic E-state index is 13.5. The number of nitrogen functional groups attached to an aromatic ring is 1. The molecule has 0 bridgehead atoms. The lowest BCUT2D eigenvalue weighted by Gasteiger charge is -2.08. The van der Waals surface area contributed by atoms with Gasteiger partial charge in [0.2, 0.25) is 0 Å². The zero-order valence-corrected chi connectivity index (χ0v) is 11.1. The Morgan fingerprint density at radius 2 is 1.89 bits per heavy atom. The van der Waals surface area contributed by atoms with E-state index in [4.69, 9.17) is 28.9 Å². The standard InChI is InChI=1S/C13H9Cl2FN2O/c14-7-1-3-9(10(15)5-7)13(19)18-12-4-2-8(17)6-11(12)16/h1-6H,17H2,(H,18,19). The summed E-state index contributed by atoms with van der Waals surface area (Å²) in [6.07, 6.45) is 0. The molecule has 0 saturated carbocycles. The summed E-state index contributed by atoms with van der Waals surface area (Å²) in [5, 5.41) is 3.03. The van der Waals surface area contributed by atoms with Gasteiger partial charge in [0.05, 0.1) is 16.3 Å². The van der Waals surface area contributed by atoms with Crippen molar-refractivity contribution in [3.05, 3.63) is 57.8 Å². The first-order valence-electron chi connectivity index (χ1n) is 5.29. The SMILES string of the molecule is Nc1ccc(NC(=O)c2ccc(Cl)cc2Cl)c(F)c1. The van der Waals surface area contributed by atoms with Crippen LogP contribution in [0.4, 0.5) is 15.8 Å². The summed E-state index contributed by atoms with van der Waals surface area (Å²) in [7, 11) is 0. The van der Waals surface area contributed by atoms with Gasteiger partial charge in [0.1, 0.15) is 5.82 Å². The van der Waals surface area contributed by atoms with Gasteiger partial charge in [-0.05, 0) is 36.4 Å². The van der Waals surface area contributed by atoms with Crippen LogP contribution in [0.5, 0.6) is 0 Å². The second-order valence-corrected chi connectivity index (χ2v) is 4.66. The van der Waals surface area contributed by atoms with Crippen molar-refractivity contribution >= 4 is 40.5 Å². The molecule has 2 aromatic rings. The normalized spacial score (nSPS) is 10.3. The van der Waals surface area contributed by atoms with E-state index in [2.05, 4.69) is 5.32 Å². The average molecular weight is 299 g/mol. The van der Waals surface area contributed by atoms with Crippen molar-refractivity contribution < 1.29 is 9.18 Å². The smallest absolute Gasteiger partial charge is 0.257 e. The Kier molecular flexibility index (Phi) is 3.93. The number of rotatable bonds is 2. The molecule has 0 heterocycles. The van der Waals surface area contributed by atoms with Crippen molar-refractivity contribution in [1.82, 2.24) is 0 Å². The van der Waals surface area contributed by atoms with Crippen molar-refractivity contribution in [2.24, 2.45) is 0 Å². The van der Waals surface area contributed by atoms with Crippen molar-refractivity contribution in [1.29, 1.82) is 0 Å². The van der Waals surface area contributed by atoms with Crippen LogP contribution in [-0.2, 0) is 0 Å². The van der Waals surface area contributed by atoms with Crippen LogP contribution in [0, 0.1) is 5.82 Å². The lowest BCUT2D eigenvalue weighted by atomic mass is 10.2. The zero-order valence-electron chi connectivity index (χ0n) is 9.58. The van der Waals surface area contributed by atoms with Gasteiger partial charge < -0.3 is 11.1 Å². The van der Waals surface area contributed by atoms with Crippen LogP contribution in [0.25, 0.3) is 0 Å². The largest absolute Gasteiger partial charge is 0.399 e. The van der Waals surface area contributed by atoms with Gasteiger partial charge in [-0.3, -0.25) is 4.79 Å². The van der Waals surface area contributed by atoms with E-state index in [1.807, 2.05) is 0 Å². The molecule has 2 rings (SSSR count). The molecular weight excluding hydrogens is 290 g/mol. The molecule has 6 heteroatoms. The van der Waals surface area contributed by atoms with E-state index in [1.54, 1.807) is 0 Å². The van der Waals surface area contributed by atoms with E-state index in [1.165, 1.54) is 30.3 Å². The van der Waals surface area contributed by atoms with Gasteiger partial charge in [-0.15, -0.1) is 0 Å². The van der Waals surface area contributed by atoms with Crippen LogP contribution >= 0.6 is 23.2 Å². The molecule has 0 saturated heterocycles. The third-order valence-corrected chi connectivity index (χ3v) is 2.96. The molecule has 0 aliphatic rings. The molecule has 0 radical (unpaired) electrons. The van der Waals surface area contributed by atoms with Gasteiger partial charge in [0.15, 0.2) is 0 Å². The number of hydrogen-bond donors (Lipinski definition) is 2. The first kappa shape index (κ1) is 13.6. The van der Waals surface area contributed by atoms with Crippen molar-refractivity contribution in [2.45, 2.75) is 0 Å². The summed E-state index contributed by atoms with van der Waals surface area (Å²) in [4.78, 5) is 11.9. The van der Waals surface area contributed by atoms with Crippen molar-refractivity contribution in [3.63, 3.8) is 0 Å². The quantitative estimate of drug-likeness (QED) is 0.824. The summed E-state index contributed by atoms with van der Waals surface area (Å²) < 4.78 is 13.5. The molecule has 2 aromatic carbocycles. The molecule has 0 fully saturated rings. The van der Waals surface area contributed by atoms with Gasteiger partial charge in [0.25, 0.3) is 5.91 Å². The summed E-state index contributed by atoms with van der Waals surface area (Å²) in [6.45, 7) is 0. The van der Waals surface area contributed by atoms with Gasteiger partial charge >= 0.3 is 0 Å². The molecule has 19 heavy (non-hydrogen) atoms. The lowest BCUT2D eigenvalue weighted by Crippen LogP contribution is -2.13. The third-order valence-electron chi connectivity index (χ3n) is 2.42. The molecule has 3 N–H and O–H groups in total. The maximum absolute atomic E-state index is 13.5. The highest BCUT2D eigenvalue weighted by atomic mass is 35.5. The molecule has 0 unspecified atom stereocenters. The number of carbonyl (C=O) groups excluding carboxylic acids is 1. The van der Waals surface area contributed by atoms with Crippen LogP contribution in [-0.4, -0.2) is 5.91 Å². The van der Waals surface area contributed by atoms with Gasteiger partial charge in [-0.25, -0.2) is 4.39 Å². The first-order valence-corrected chi connectivity index (χ1v) is 6.04. The number of hydrogen-bond acceptors (Lipinski definition) is 2. The fourth-order valence-electron chi connectivity index (χ4n) is 1.50. The molecule has 0 aromatic heterocycles. The highest BCUT2D eigenvalue weighted by Crippen LogP contribution is 2.23. The van der Waals surface area contributed by atoms with Crippen LogP contribution in [0.2, 0.25) is 10.0 Å². The van der Waals surface area contributed by atoms with Crippen LogP contribution in [0.3, 0.4) is 0 Å². The lowest BCUT2D eigenvalue weighted by molar-refractivity contribution is 0.102. The van der Waals surface area contributed by atoms with Crippen molar-refractivity contribution in [3.8, 4) is 0 Å². The minimum absolute atomic E-state index is 0.0326. The molecule has 0 spiro atoms. The number of amides is 1. The van der Waals surface area contributed by atoms with Crippen LogP contribution in [0.15, 0.2) is 36.4 Å². The number of halogens is 3. The van der Waals surface area contributed by atoms with Gasteiger partial charge in [0, 0.05) is 10.7 Å². The Balaban J connectivity index is 2.25. The Morgan fingerprint density at radius 3 is 2.53 bits per heavy atom. The van der Waals surface area contributed by atoms with Crippen LogP contribution < -0.4 is 11.1 Å². The molecule has 3 nitrogen and oxygen atoms in total. The molecule has 98 valence electrons. The molecule has 0 atom stereocenters. The highest BCUT2D eigenvalue weighted by Gasteiger charge is 2.13. The number of carbonyl (C=O) groups is 1. The number of nitrogens with two attached hydrogens (primary N) is 1. The Labute approximate surface area is 119 Å². The predicted octanol–water partition coefficient (Wildman–Crippen LogP) is 3.97. The van der Waals surface area contributed by atoms with E-state index in [9.17, 15) is 9.18 Å². The molecule has 0 aliphatic heterocycles. The average Bonchev–Trinajstić information content (AvgIpc) is 2.32. The Morgan fingerprint density at radius 1 is 1.16 bits per heavy atom. The van der Waals surface area contributed by atoms with Gasteiger partial charge in [-0.2, -0.15) is 0 Å². The third kappa shape index (κ3) is 3.16. The number of anilines is 2. The predicted molar refractivity (Wildman–Crippen MR) is 75.2 cm³/mol. The van der Waals surface area contributed by atoms with Crippen LogP contribution in [0.1, 0.15) is 10.4 Å². The fraction of sp³-hybridized carbons (Fsp3) is 0. The summed E-state index contributed by atoms with van der Waals surface area (Å²) in [5.41, 5.74) is 5.94. The van der Waals surface area contributed by atoms with Crippen molar-refractivity contribution in [2.75, 3.05) is 11.1 Å². The molecule has 1 amide bonds. The summed E-state index contributed by atoms with van der Waals surface area (Å²) in [5.74, 6) is -1.14.